The molecule has 0 unspecified atom stereocenters. The lowest BCUT2D eigenvalue weighted by Crippen LogP contribution is -2.48. The van der Waals surface area contributed by atoms with Crippen molar-refractivity contribution < 1.29 is 9.50 Å². The summed E-state index contributed by atoms with van der Waals surface area (Å²) >= 11 is 6.31. The van der Waals surface area contributed by atoms with Gasteiger partial charge in [-0.05, 0) is 64.4 Å². The Morgan fingerprint density at radius 1 is 1.39 bits per heavy atom. The molecule has 0 amide bonds. The highest BCUT2D eigenvalue weighted by Gasteiger charge is 2.30. The van der Waals surface area contributed by atoms with E-state index in [-0.39, 0.29) is 12.4 Å². The lowest BCUT2D eigenvalue weighted by atomic mass is 9.87. The van der Waals surface area contributed by atoms with Gasteiger partial charge in [-0.3, -0.25) is 4.90 Å². The molecule has 1 aliphatic rings. The zero-order valence-electron chi connectivity index (χ0n) is 14.4. The number of likely N-dealkylation sites (tertiary alicyclic amines) is 1. The second-order valence-electron chi connectivity index (χ2n) is 6.84. The minimum atomic E-state index is -0.220. The molecule has 1 aromatic rings. The minimum absolute atomic E-state index is 0.220. The number of piperidine rings is 1. The molecule has 0 bridgehead atoms. The second kappa shape index (κ2) is 8.43. The Morgan fingerprint density at radius 2 is 2.13 bits per heavy atom. The highest BCUT2D eigenvalue weighted by Crippen LogP contribution is 2.29. The van der Waals surface area contributed by atoms with Gasteiger partial charge < -0.3 is 10.0 Å². The number of hydrogen-bond acceptors (Lipinski definition) is 3. The average molecular weight is 343 g/mol. The Labute approximate surface area is 144 Å². The maximum atomic E-state index is 14.1. The second-order valence-corrected chi connectivity index (χ2v) is 7.22. The maximum Gasteiger partial charge on any atom is 0.129 e. The molecule has 1 aromatic carbocycles. The van der Waals surface area contributed by atoms with Crippen LogP contribution in [0.1, 0.15) is 30.4 Å². The summed E-state index contributed by atoms with van der Waals surface area (Å²) in [6, 6.07) is 3.76. The average Bonchev–Trinajstić information content (AvgIpc) is 2.53. The zero-order chi connectivity index (χ0) is 17.0. The summed E-state index contributed by atoms with van der Waals surface area (Å²) in [6.45, 7) is 4.57. The van der Waals surface area contributed by atoms with Crippen LogP contribution in [0.5, 0.6) is 0 Å². The summed E-state index contributed by atoms with van der Waals surface area (Å²) in [5.74, 6) is 0.278. The molecule has 0 aromatic heterocycles. The first kappa shape index (κ1) is 18.7. The molecule has 2 rings (SSSR count). The third kappa shape index (κ3) is 4.66. The fraction of sp³-hybridized carbons (Fsp3) is 0.667. The molecule has 0 radical (unpaired) electrons. The molecule has 0 saturated carbocycles. The molecular weight excluding hydrogens is 315 g/mol. The minimum Gasteiger partial charge on any atom is -0.396 e. The first-order valence-corrected chi connectivity index (χ1v) is 8.75. The number of hydrogen-bond donors (Lipinski definition) is 1. The zero-order valence-corrected chi connectivity index (χ0v) is 15.1. The third-order valence-electron chi connectivity index (χ3n) is 4.94. The summed E-state index contributed by atoms with van der Waals surface area (Å²) in [6.07, 6.45) is 2.89. The predicted molar refractivity (Wildman–Crippen MR) is 93.3 cm³/mol. The van der Waals surface area contributed by atoms with E-state index in [0.29, 0.717) is 29.1 Å². The SMILES string of the molecule is Cc1ccc(F)c(CN2CC[C@@H](N(C)C)[C@@H](CCCO)C2)c1Cl. The van der Waals surface area contributed by atoms with E-state index in [1.165, 1.54) is 6.07 Å². The van der Waals surface area contributed by atoms with Crippen molar-refractivity contribution in [3.05, 3.63) is 34.1 Å². The predicted octanol–water partition coefficient (Wildman–Crippen LogP) is 3.31. The van der Waals surface area contributed by atoms with E-state index in [0.717, 1.165) is 37.9 Å². The summed E-state index contributed by atoms with van der Waals surface area (Å²) < 4.78 is 14.1. The van der Waals surface area contributed by atoms with Gasteiger partial charge in [-0.1, -0.05) is 17.7 Å². The normalized spacial score (nSPS) is 22.7. The van der Waals surface area contributed by atoms with Gasteiger partial charge in [-0.25, -0.2) is 4.39 Å². The molecule has 130 valence electrons. The standard InChI is InChI=1S/C18H28ClFN2O/c1-13-6-7-16(20)15(18(13)19)12-22-9-8-17(21(2)3)14(11-22)5-4-10-23/h6-7,14,17,23H,4-5,8-12H2,1-3H3/t14-,17+/m0/s1. The van der Waals surface area contributed by atoms with Gasteiger partial charge >= 0.3 is 0 Å². The Balaban J connectivity index is 2.08. The van der Waals surface area contributed by atoms with Crippen molar-refractivity contribution >= 4 is 11.6 Å². The lowest BCUT2D eigenvalue weighted by Gasteiger charge is -2.42. The van der Waals surface area contributed by atoms with Gasteiger partial charge in [0.25, 0.3) is 0 Å². The molecule has 5 heteroatoms. The van der Waals surface area contributed by atoms with Gasteiger partial charge in [-0.15, -0.1) is 0 Å². The van der Waals surface area contributed by atoms with Crippen LogP contribution < -0.4 is 0 Å². The van der Waals surface area contributed by atoms with Crippen LogP contribution in [0.15, 0.2) is 12.1 Å². The molecular formula is C18H28ClFN2O. The molecule has 2 atom stereocenters. The summed E-state index contributed by atoms with van der Waals surface area (Å²) in [5, 5.41) is 9.68. The Kier molecular flexibility index (Phi) is 6.84. The molecule has 1 aliphatic heterocycles. The van der Waals surface area contributed by atoms with Gasteiger partial charge in [0, 0.05) is 31.3 Å². The van der Waals surface area contributed by atoms with Crippen LogP contribution in [0.3, 0.4) is 0 Å². The van der Waals surface area contributed by atoms with E-state index in [1.54, 1.807) is 6.07 Å². The number of halogens is 2. The fourth-order valence-corrected chi connectivity index (χ4v) is 3.85. The topological polar surface area (TPSA) is 26.7 Å². The van der Waals surface area contributed by atoms with Crippen LogP contribution in [-0.2, 0) is 6.54 Å². The molecule has 0 spiro atoms. The summed E-state index contributed by atoms with van der Waals surface area (Å²) in [5.41, 5.74) is 1.53. The monoisotopic (exact) mass is 342 g/mol. The van der Waals surface area contributed by atoms with Crippen LogP contribution in [0.2, 0.25) is 5.02 Å². The van der Waals surface area contributed by atoms with E-state index in [1.807, 2.05) is 6.92 Å². The smallest absolute Gasteiger partial charge is 0.129 e. The van der Waals surface area contributed by atoms with Crippen molar-refractivity contribution in [3.63, 3.8) is 0 Å². The van der Waals surface area contributed by atoms with E-state index in [4.69, 9.17) is 16.7 Å². The molecule has 1 N–H and O–H groups in total. The third-order valence-corrected chi connectivity index (χ3v) is 5.46. The van der Waals surface area contributed by atoms with Crippen LogP contribution in [0.25, 0.3) is 0 Å². The number of nitrogens with zero attached hydrogens (tertiary/aromatic N) is 2. The van der Waals surface area contributed by atoms with Crippen LogP contribution in [-0.4, -0.2) is 54.7 Å². The maximum absolute atomic E-state index is 14.1. The number of rotatable bonds is 6. The van der Waals surface area contributed by atoms with E-state index < -0.39 is 0 Å². The van der Waals surface area contributed by atoms with Crippen LogP contribution >= 0.6 is 11.6 Å². The highest BCUT2D eigenvalue weighted by atomic mass is 35.5. The van der Waals surface area contributed by atoms with Gasteiger partial charge in [-0.2, -0.15) is 0 Å². The number of benzene rings is 1. The van der Waals surface area contributed by atoms with Gasteiger partial charge in [0.1, 0.15) is 5.82 Å². The number of aliphatic hydroxyl groups excluding tert-OH is 1. The Hall–Kier alpha value is -0.680. The summed E-state index contributed by atoms with van der Waals surface area (Å²) in [4.78, 5) is 4.57. The van der Waals surface area contributed by atoms with Crippen molar-refractivity contribution in [2.24, 2.45) is 5.92 Å². The van der Waals surface area contributed by atoms with Crippen molar-refractivity contribution in [3.8, 4) is 0 Å². The van der Waals surface area contributed by atoms with Gasteiger partial charge in [0.05, 0.1) is 5.02 Å². The molecule has 1 heterocycles. The van der Waals surface area contributed by atoms with Gasteiger partial charge in [0.2, 0.25) is 0 Å². The van der Waals surface area contributed by atoms with Gasteiger partial charge in [0.15, 0.2) is 0 Å². The van der Waals surface area contributed by atoms with Crippen molar-refractivity contribution in [1.82, 2.24) is 9.80 Å². The Morgan fingerprint density at radius 3 is 2.78 bits per heavy atom. The molecule has 1 fully saturated rings. The van der Waals surface area contributed by atoms with Crippen molar-refractivity contribution in [1.29, 1.82) is 0 Å². The van der Waals surface area contributed by atoms with Crippen LogP contribution in [0, 0.1) is 18.7 Å². The Bertz CT molecular complexity index is 524. The van der Waals surface area contributed by atoms with Crippen molar-refractivity contribution in [2.45, 2.75) is 38.8 Å². The molecule has 0 aliphatic carbocycles. The summed E-state index contributed by atoms with van der Waals surface area (Å²) in [7, 11) is 4.23. The fourth-order valence-electron chi connectivity index (χ4n) is 3.64. The first-order valence-electron chi connectivity index (χ1n) is 8.37. The molecule has 23 heavy (non-hydrogen) atoms. The van der Waals surface area contributed by atoms with Crippen LogP contribution in [0.4, 0.5) is 4.39 Å². The quantitative estimate of drug-likeness (QED) is 0.859. The molecule has 1 saturated heterocycles. The first-order chi connectivity index (χ1) is 10.9. The van der Waals surface area contributed by atoms with Crippen molar-refractivity contribution in [2.75, 3.05) is 33.8 Å². The molecule has 3 nitrogen and oxygen atoms in total. The van der Waals surface area contributed by atoms with E-state index >= 15 is 0 Å². The highest BCUT2D eigenvalue weighted by molar-refractivity contribution is 6.32. The number of aryl methyl sites for hydroxylation is 1. The largest absolute Gasteiger partial charge is 0.396 e. The number of aliphatic hydroxyl groups is 1. The van der Waals surface area contributed by atoms with E-state index in [2.05, 4.69) is 23.9 Å². The lowest BCUT2D eigenvalue weighted by molar-refractivity contribution is 0.0711. The van der Waals surface area contributed by atoms with E-state index in [9.17, 15) is 4.39 Å².